The van der Waals surface area contributed by atoms with E-state index < -0.39 is 5.54 Å². The van der Waals surface area contributed by atoms with Gasteiger partial charge in [-0.25, -0.2) is 4.98 Å². The Kier molecular flexibility index (Phi) is 5.58. The molecule has 2 atom stereocenters. The van der Waals surface area contributed by atoms with Crippen LogP contribution in [0.25, 0.3) is 11.0 Å². The molecule has 3 heterocycles. The van der Waals surface area contributed by atoms with E-state index in [1.54, 1.807) is 30.6 Å². The Labute approximate surface area is 217 Å². The fraction of sp³-hybridized carbons (Fsp3) is 0.214. The number of pyridine rings is 1. The summed E-state index contributed by atoms with van der Waals surface area (Å²) in [6, 6.07) is 16.6. The molecule has 8 nitrogen and oxygen atoms in total. The molecule has 1 aliphatic carbocycles. The van der Waals surface area contributed by atoms with E-state index in [9.17, 15) is 14.9 Å². The summed E-state index contributed by atoms with van der Waals surface area (Å²) in [5.41, 5.74) is 1.41. The lowest BCUT2D eigenvalue weighted by atomic mass is 9.74. The van der Waals surface area contributed by atoms with Gasteiger partial charge in [-0.1, -0.05) is 29.8 Å². The van der Waals surface area contributed by atoms with Crippen molar-refractivity contribution in [3.8, 4) is 17.6 Å². The number of hydrogen-bond donors (Lipinski definition) is 3. The molecule has 2 aliphatic rings. The van der Waals surface area contributed by atoms with Crippen LogP contribution in [-0.2, 0) is 4.79 Å². The SMILES string of the molecule is N#CC1CCCC2(C1)Nc1c(cnc3[nH]cc(C(=O)c4ccc(Oc5ccccc5)cc4Cl)c13)NC2=O. The Hall–Kier alpha value is -4.35. The van der Waals surface area contributed by atoms with Crippen molar-refractivity contribution in [3.05, 3.63) is 77.1 Å². The number of anilines is 2. The van der Waals surface area contributed by atoms with Crippen LogP contribution in [0.5, 0.6) is 11.5 Å². The minimum absolute atomic E-state index is 0.179. The largest absolute Gasteiger partial charge is 0.457 e. The van der Waals surface area contributed by atoms with Crippen molar-refractivity contribution in [2.45, 2.75) is 31.2 Å². The summed E-state index contributed by atoms with van der Waals surface area (Å²) in [6.45, 7) is 0. The average Bonchev–Trinajstić information content (AvgIpc) is 3.35. The number of ether oxygens (including phenoxy) is 1. The Morgan fingerprint density at radius 3 is 2.78 bits per heavy atom. The number of rotatable bonds is 4. The molecular weight excluding hydrogens is 490 g/mol. The number of halogens is 1. The molecule has 1 amide bonds. The van der Waals surface area contributed by atoms with Gasteiger partial charge in [0.25, 0.3) is 0 Å². The number of nitrogens with one attached hydrogen (secondary N) is 3. The molecule has 2 aromatic carbocycles. The van der Waals surface area contributed by atoms with Crippen molar-refractivity contribution in [2.24, 2.45) is 5.92 Å². The fourth-order valence-corrected chi connectivity index (χ4v) is 5.51. The summed E-state index contributed by atoms with van der Waals surface area (Å²) in [5.74, 6) is 0.496. The summed E-state index contributed by atoms with van der Waals surface area (Å²) in [7, 11) is 0. The van der Waals surface area contributed by atoms with Gasteiger partial charge >= 0.3 is 0 Å². The molecular formula is C28H22ClN5O3. The van der Waals surface area contributed by atoms with Crippen LogP contribution in [-0.4, -0.2) is 27.2 Å². The highest BCUT2D eigenvalue weighted by Gasteiger charge is 2.46. The van der Waals surface area contributed by atoms with Crippen molar-refractivity contribution in [2.75, 3.05) is 10.6 Å². The first-order valence-electron chi connectivity index (χ1n) is 12.0. The molecule has 0 bridgehead atoms. The van der Waals surface area contributed by atoms with E-state index >= 15 is 0 Å². The van der Waals surface area contributed by atoms with E-state index in [2.05, 4.69) is 26.7 Å². The molecule has 1 fully saturated rings. The lowest BCUT2D eigenvalue weighted by Crippen LogP contribution is -2.55. The van der Waals surface area contributed by atoms with Crippen molar-refractivity contribution < 1.29 is 14.3 Å². The second-order valence-electron chi connectivity index (χ2n) is 9.44. The molecule has 2 aromatic heterocycles. The van der Waals surface area contributed by atoms with E-state index in [1.807, 2.05) is 30.3 Å². The van der Waals surface area contributed by atoms with Gasteiger partial charge in [0, 0.05) is 23.7 Å². The number of nitriles is 1. The molecule has 1 saturated carbocycles. The van der Waals surface area contributed by atoms with Crippen LogP contribution in [0, 0.1) is 17.2 Å². The highest BCUT2D eigenvalue weighted by Crippen LogP contribution is 2.44. The molecule has 0 saturated heterocycles. The maximum absolute atomic E-state index is 13.7. The summed E-state index contributed by atoms with van der Waals surface area (Å²) in [5, 5.41) is 16.7. The molecule has 3 N–H and O–H groups in total. The number of amides is 1. The monoisotopic (exact) mass is 511 g/mol. The molecule has 1 aliphatic heterocycles. The number of benzene rings is 2. The van der Waals surface area contributed by atoms with Crippen LogP contribution in [0.15, 0.2) is 60.9 Å². The Morgan fingerprint density at radius 1 is 1.16 bits per heavy atom. The van der Waals surface area contributed by atoms with E-state index in [0.717, 1.165) is 12.8 Å². The minimum atomic E-state index is -0.911. The second-order valence-corrected chi connectivity index (χ2v) is 9.85. The van der Waals surface area contributed by atoms with E-state index in [-0.39, 0.29) is 22.6 Å². The quantitative estimate of drug-likeness (QED) is 0.287. The van der Waals surface area contributed by atoms with Crippen LogP contribution in [0.3, 0.4) is 0 Å². The number of ketones is 1. The lowest BCUT2D eigenvalue weighted by Gasteiger charge is -2.42. The second kappa shape index (κ2) is 8.95. The van der Waals surface area contributed by atoms with Crippen LogP contribution < -0.4 is 15.4 Å². The van der Waals surface area contributed by atoms with Crippen molar-refractivity contribution in [3.63, 3.8) is 0 Å². The third kappa shape index (κ3) is 3.98. The van der Waals surface area contributed by atoms with Gasteiger partial charge in [-0.05, 0) is 49.9 Å². The van der Waals surface area contributed by atoms with Gasteiger partial charge in [-0.15, -0.1) is 0 Å². The summed E-state index contributed by atoms with van der Waals surface area (Å²) in [4.78, 5) is 34.3. The van der Waals surface area contributed by atoms with Crippen LogP contribution in [0.2, 0.25) is 5.02 Å². The Balaban J connectivity index is 1.37. The third-order valence-corrected chi connectivity index (χ3v) is 7.40. The van der Waals surface area contributed by atoms with Gasteiger partial charge in [0.1, 0.15) is 22.7 Å². The van der Waals surface area contributed by atoms with E-state index in [0.29, 0.717) is 57.9 Å². The average molecular weight is 512 g/mol. The summed E-state index contributed by atoms with van der Waals surface area (Å²) in [6.07, 6.45) is 5.70. The number of carbonyl (C=O) groups is 2. The number of fused-ring (bicyclic) bond motifs is 3. The fourth-order valence-electron chi connectivity index (χ4n) is 5.26. The summed E-state index contributed by atoms with van der Waals surface area (Å²) < 4.78 is 5.84. The number of carbonyl (C=O) groups excluding carboxylic acids is 2. The molecule has 6 rings (SSSR count). The predicted octanol–water partition coefficient (Wildman–Crippen LogP) is 6.06. The number of nitrogens with zero attached hydrogens (tertiary/aromatic N) is 2. The molecule has 0 radical (unpaired) electrons. The molecule has 4 aromatic rings. The molecule has 2 unspecified atom stereocenters. The van der Waals surface area contributed by atoms with Gasteiger partial charge in [-0.3, -0.25) is 9.59 Å². The minimum Gasteiger partial charge on any atom is -0.457 e. The zero-order valence-corrected chi connectivity index (χ0v) is 20.4. The molecule has 37 heavy (non-hydrogen) atoms. The zero-order chi connectivity index (χ0) is 25.6. The zero-order valence-electron chi connectivity index (χ0n) is 19.7. The van der Waals surface area contributed by atoms with Crippen LogP contribution >= 0.6 is 11.6 Å². The highest BCUT2D eigenvalue weighted by molar-refractivity contribution is 6.36. The normalized spacial score (nSPS) is 20.5. The van der Waals surface area contributed by atoms with Crippen molar-refractivity contribution >= 4 is 45.7 Å². The first-order valence-corrected chi connectivity index (χ1v) is 12.4. The van der Waals surface area contributed by atoms with Gasteiger partial charge < -0.3 is 20.4 Å². The Morgan fingerprint density at radius 2 is 2.00 bits per heavy atom. The first kappa shape index (κ1) is 23.1. The van der Waals surface area contributed by atoms with Crippen molar-refractivity contribution in [1.29, 1.82) is 5.26 Å². The number of hydrogen-bond acceptors (Lipinski definition) is 6. The first-order chi connectivity index (χ1) is 18.0. The topological polar surface area (TPSA) is 120 Å². The van der Waals surface area contributed by atoms with E-state index in [4.69, 9.17) is 16.3 Å². The Bertz CT molecular complexity index is 1590. The number of H-pyrrole nitrogens is 1. The van der Waals surface area contributed by atoms with Crippen molar-refractivity contribution in [1.82, 2.24) is 9.97 Å². The predicted molar refractivity (Wildman–Crippen MR) is 140 cm³/mol. The highest BCUT2D eigenvalue weighted by atomic mass is 35.5. The standard InChI is InChI=1S/C28H22ClN5O3/c29-21-11-18(37-17-6-2-1-3-7-17)8-9-19(21)25(35)20-14-31-26-23(20)24-22(15-32-26)33-27(36)28(34-24)10-4-5-16(12-28)13-30/h1-3,6-9,11,14-16,34H,4-5,10,12H2,(H,31,32)(H,33,36). The van der Waals surface area contributed by atoms with Crippen LogP contribution in [0.1, 0.15) is 41.6 Å². The van der Waals surface area contributed by atoms with Gasteiger partial charge in [0.2, 0.25) is 5.91 Å². The third-order valence-electron chi connectivity index (χ3n) is 7.09. The van der Waals surface area contributed by atoms with E-state index in [1.165, 1.54) is 0 Å². The maximum Gasteiger partial charge on any atom is 0.250 e. The van der Waals surface area contributed by atoms with Gasteiger partial charge in [0.05, 0.1) is 39.6 Å². The number of para-hydroxylation sites is 1. The van der Waals surface area contributed by atoms with Gasteiger partial charge in [0.15, 0.2) is 5.78 Å². The lowest BCUT2D eigenvalue weighted by molar-refractivity contribution is -0.121. The number of aromatic amines is 1. The van der Waals surface area contributed by atoms with Crippen LogP contribution in [0.4, 0.5) is 11.4 Å². The molecule has 1 spiro atoms. The summed E-state index contributed by atoms with van der Waals surface area (Å²) >= 11 is 6.54. The maximum atomic E-state index is 13.7. The smallest absolute Gasteiger partial charge is 0.250 e. The molecule has 184 valence electrons. The molecule has 9 heteroatoms. The number of aromatic nitrogens is 2. The van der Waals surface area contributed by atoms with Gasteiger partial charge in [-0.2, -0.15) is 5.26 Å².